The molecule has 0 aromatic heterocycles. The molecule has 0 spiro atoms. The summed E-state index contributed by atoms with van der Waals surface area (Å²) < 4.78 is 5.18. The fraction of sp³-hybridized carbons (Fsp3) is 0.385. The third-order valence-corrected chi connectivity index (χ3v) is 6.14. The topological polar surface area (TPSA) is 70.1 Å². The number of aliphatic hydroxyl groups excluding tert-OH is 1. The summed E-state index contributed by atoms with van der Waals surface area (Å²) in [6.45, 7) is 7.30. The number of amides is 1. The molecule has 1 N–H and O–H groups in total. The number of hydrogen-bond acceptors (Lipinski definition) is 5. The maximum Gasteiger partial charge on any atom is 0.295 e. The number of nitrogens with zero attached hydrogens (tertiary/aromatic N) is 2. The average molecular weight is 471 g/mol. The Morgan fingerprint density at radius 3 is 2.27 bits per heavy atom. The van der Waals surface area contributed by atoms with Crippen LogP contribution in [0.3, 0.4) is 0 Å². The zero-order valence-electron chi connectivity index (χ0n) is 20.0. The van der Waals surface area contributed by atoms with Crippen molar-refractivity contribution in [1.82, 2.24) is 9.80 Å². The molecule has 6 nitrogen and oxygen atoms in total. The molecule has 33 heavy (non-hydrogen) atoms. The smallest absolute Gasteiger partial charge is 0.295 e. The second kappa shape index (κ2) is 9.57. The van der Waals surface area contributed by atoms with Gasteiger partial charge in [0, 0.05) is 18.7 Å². The third-order valence-electron chi connectivity index (χ3n) is 5.85. The molecule has 0 aliphatic carbocycles. The first-order chi connectivity index (χ1) is 15.5. The van der Waals surface area contributed by atoms with Crippen LogP contribution in [-0.4, -0.2) is 60.9 Å². The van der Waals surface area contributed by atoms with Gasteiger partial charge in [-0.2, -0.15) is 0 Å². The molecule has 0 radical (unpaired) electrons. The van der Waals surface area contributed by atoms with Gasteiger partial charge in [-0.1, -0.05) is 56.6 Å². The molecule has 3 rings (SSSR count). The molecule has 1 aliphatic heterocycles. The summed E-state index contributed by atoms with van der Waals surface area (Å²) in [5.74, 6) is -1.13. The molecule has 2 aromatic rings. The number of carbonyl (C=O) groups excluding carboxylic acids is 2. The average Bonchev–Trinajstić information content (AvgIpc) is 3.01. The highest BCUT2D eigenvalue weighted by atomic mass is 35.5. The van der Waals surface area contributed by atoms with E-state index in [-0.39, 0.29) is 16.7 Å². The van der Waals surface area contributed by atoms with Crippen molar-refractivity contribution in [3.63, 3.8) is 0 Å². The largest absolute Gasteiger partial charge is 0.507 e. The van der Waals surface area contributed by atoms with Crippen LogP contribution >= 0.6 is 11.6 Å². The summed E-state index contributed by atoms with van der Waals surface area (Å²) in [6, 6.07) is 11.9. The fourth-order valence-corrected chi connectivity index (χ4v) is 4.16. The van der Waals surface area contributed by atoms with Crippen molar-refractivity contribution in [2.75, 3.05) is 34.3 Å². The summed E-state index contributed by atoms with van der Waals surface area (Å²) >= 11 is 6.25. The molecule has 1 atom stereocenters. The lowest BCUT2D eigenvalue weighted by molar-refractivity contribution is -0.140. The maximum absolute atomic E-state index is 13.1. The molecule has 0 saturated carbocycles. The van der Waals surface area contributed by atoms with Gasteiger partial charge in [-0.3, -0.25) is 9.59 Å². The lowest BCUT2D eigenvalue weighted by Gasteiger charge is -2.27. The fourth-order valence-electron chi connectivity index (χ4n) is 3.90. The second-order valence-corrected chi connectivity index (χ2v) is 9.92. The van der Waals surface area contributed by atoms with Crippen LogP contribution in [0.1, 0.15) is 43.5 Å². The van der Waals surface area contributed by atoms with E-state index < -0.39 is 17.7 Å². The first-order valence-electron chi connectivity index (χ1n) is 10.8. The molecule has 0 bridgehead atoms. The Kier molecular flexibility index (Phi) is 7.20. The van der Waals surface area contributed by atoms with Crippen LogP contribution < -0.4 is 4.74 Å². The molecule has 1 heterocycles. The number of likely N-dealkylation sites (tertiary alicyclic amines) is 1. The quantitative estimate of drug-likeness (QED) is 0.378. The normalized spacial score (nSPS) is 18.3. The Hall–Kier alpha value is -2.83. The van der Waals surface area contributed by atoms with Crippen molar-refractivity contribution >= 4 is 29.1 Å². The van der Waals surface area contributed by atoms with Gasteiger partial charge in [0.25, 0.3) is 11.7 Å². The Morgan fingerprint density at radius 1 is 1.12 bits per heavy atom. The molecule has 2 aromatic carbocycles. The lowest BCUT2D eigenvalue weighted by atomic mass is 9.85. The first-order valence-corrected chi connectivity index (χ1v) is 11.2. The number of carbonyl (C=O) groups is 2. The number of Topliss-reactive ketones (excluding diaryl/α,β-unsaturated/α-hetero) is 1. The highest BCUT2D eigenvalue weighted by molar-refractivity contribution is 6.46. The number of rotatable bonds is 6. The molecular formula is C26H31ClN2O4. The predicted octanol–water partition coefficient (Wildman–Crippen LogP) is 4.63. The van der Waals surface area contributed by atoms with Gasteiger partial charge in [0.05, 0.1) is 23.7 Å². The lowest BCUT2D eigenvalue weighted by Crippen LogP contribution is -2.35. The van der Waals surface area contributed by atoms with E-state index in [1.54, 1.807) is 12.1 Å². The number of ketones is 1. The summed E-state index contributed by atoms with van der Waals surface area (Å²) in [5, 5.41) is 11.5. The van der Waals surface area contributed by atoms with Crippen LogP contribution in [0.4, 0.5) is 0 Å². The minimum absolute atomic E-state index is 0.0366. The minimum Gasteiger partial charge on any atom is -0.507 e. The number of benzene rings is 2. The molecule has 1 aliphatic rings. The highest BCUT2D eigenvalue weighted by Crippen LogP contribution is 2.40. The third kappa shape index (κ3) is 5.07. The van der Waals surface area contributed by atoms with E-state index in [1.165, 1.54) is 18.1 Å². The molecule has 0 unspecified atom stereocenters. The number of ether oxygens (including phenoxy) is 1. The zero-order chi connectivity index (χ0) is 24.5. The van der Waals surface area contributed by atoms with E-state index in [2.05, 4.69) is 20.8 Å². The minimum atomic E-state index is -0.705. The molecule has 1 amide bonds. The van der Waals surface area contributed by atoms with Crippen molar-refractivity contribution in [3.05, 3.63) is 69.8 Å². The van der Waals surface area contributed by atoms with Gasteiger partial charge in [0.15, 0.2) is 0 Å². The second-order valence-electron chi connectivity index (χ2n) is 9.52. The number of hydrogen-bond donors (Lipinski definition) is 1. The Labute approximate surface area is 200 Å². The van der Waals surface area contributed by atoms with E-state index in [9.17, 15) is 14.7 Å². The Bertz CT molecular complexity index is 1080. The van der Waals surface area contributed by atoms with Crippen molar-refractivity contribution in [1.29, 1.82) is 0 Å². The van der Waals surface area contributed by atoms with Crippen LogP contribution in [0, 0.1) is 0 Å². The van der Waals surface area contributed by atoms with Crippen molar-refractivity contribution in [3.8, 4) is 5.75 Å². The Morgan fingerprint density at radius 2 is 1.76 bits per heavy atom. The molecular weight excluding hydrogens is 440 g/mol. The van der Waals surface area contributed by atoms with Gasteiger partial charge in [-0.05, 0) is 48.8 Å². The van der Waals surface area contributed by atoms with Crippen LogP contribution in [0.15, 0.2) is 48.0 Å². The first kappa shape index (κ1) is 24.8. The Balaban J connectivity index is 2.15. The number of methoxy groups -OCH3 is 1. The van der Waals surface area contributed by atoms with Gasteiger partial charge in [0.2, 0.25) is 0 Å². The summed E-state index contributed by atoms with van der Waals surface area (Å²) in [5.41, 5.74) is 2.28. The number of halogens is 1. The van der Waals surface area contributed by atoms with Crippen LogP contribution in [0.5, 0.6) is 5.75 Å². The summed E-state index contributed by atoms with van der Waals surface area (Å²) in [7, 11) is 5.31. The van der Waals surface area contributed by atoms with Gasteiger partial charge < -0.3 is 19.6 Å². The van der Waals surface area contributed by atoms with E-state index in [4.69, 9.17) is 16.3 Å². The van der Waals surface area contributed by atoms with Gasteiger partial charge in [-0.25, -0.2) is 0 Å². The standard InChI is InChI=1S/C26H31ClN2O4/c1-26(2,3)18-10-7-16(8-11-18)22-21(24(31)25(32)29(22)14-13-28(4)5)23(30)17-9-12-20(33-6)19(27)15-17/h7-12,15,22,30H,13-14H2,1-6H3/b23-21+/t22-/m0/s1. The summed E-state index contributed by atoms with van der Waals surface area (Å²) in [6.07, 6.45) is 0. The van der Waals surface area contributed by atoms with E-state index in [0.717, 1.165) is 11.1 Å². The SMILES string of the molecule is COc1ccc(/C(O)=C2\C(=O)C(=O)N(CCN(C)C)[C@H]2c2ccc(C(C)(C)C)cc2)cc1Cl. The van der Waals surface area contributed by atoms with E-state index in [1.807, 2.05) is 43.3 Å². The van der Waals surface area contributed by atoms with Crippen LogP contribution in [0.2, 0.25) is 5.02 Å². The van der Waals surface area contributed by atoms with Gasteiger partial charge >= 0.3 is 0 Å². The monoisotopic (exact) mass is 470 g/mol. The highest BCUT2D eigenvalue weighted by Gasteiger charge is 2.46. The molecule has 1 saturated heterocycles. The molecule has 176 valence electrons. The molecule has 1 fully saturated rings. The van der Waals surface area contributed by atoms with E-state index in [0.29, 0.717) is 29.4 Å². The van der Waals surface area contributed by atoms with Crippen LogP contribution in [0.25, 0.3) is 5.76 Å². The maximum atomic E-state index is 13.1. The van der Waals surface area contributed by atoms with Gasteiger partial charge in [0.1, 0.15) is 11.5 Å². The number of aliphatic hydroxyl groups is 1. The van der Waals surface area contributed by atoms with Crippen molar-refractivity contribution in [2.45, 2.75) is 32.2 Å². The van der Waals surface area contributed by atoms with Crippen molar-refractivity contribution < 1.29 is 19.4 Å². The zero-order valence-corrected chi connectivity index (χ0v) is 20.7. The van der Waals surface area contributed by atoms with E-state index >= 15 is 0 Å². The predicted molar refractivity (Wildman–Crippen MR) is 131 cm³/mol. The summed E-state index contributed by atoms with van der Waals surface area (Å²) in [4.78, 5) is 29.6. The van der Waals surface area contributed by atoms with Gasteiger partial charge in [-0.15, -0.1) is 0 Å². The van der Waals surface area contributed by atoms with Crippen LogP contribution in [-0.2, 0) is 15.0 Å². The molecule has 7 heteroatoms. The van der Waals surface area contributed by atoms with Crippen molar-refractivity contribution in [2.24, 2.45) is 0 Å². The number of likely N-dealkylation sites (N-methyl/N-ethyl adjacent to an activating group) is 1.